The van der Waals surface area contributed by atoms with Gasteiger partial charge in [-0.2, -0.15) is 0 Å². The van der Waals surface area contributed by atoms with Crippen molar-refractivity contribution in [2.75, 3.05) is 13.2 Å². The number of benzene rings is 2. The van der Waals surface area contributed by atoms with Gasteiger partial charge in [0.15, 0.2) is 0 Å². The van der Waals surface area contributed by atoms with Gasteiger partial charge in [0.25, 0.3) is 0 Å². The molecule has 2 aromatic rings. The second-order valence-corrected chi connectivity index (χ2v) is 4.96. The SMILES string of the molecule is Cc1ccc(OCC2COB(c3ccccc3)O2)cc1. The van der Waals surface area contributed by atoms with Crippen molar-refractivity contribution in [3.63, 3.8) is 0 Å². The van der Waals surface area contributed by atoms with Crippen molar-refractivity contribution in [1.29, 1.82) is 0 Å². The van der Waals surface area contributed by atoms with Crippen LogP contribution in [0, 0.1) is 6.92 Å². The van der Waals surface area contributed by atoms with Gasteiger partial charge in [0.2, 0.25) is 0 Å². The average molecular weight is 268 g/mol. The van der Waals surface area contributed by atoms with Crippen molar-refractivity contribution >= 4 is 12.6 Å². The highest BCUT2D eigenvalue weighted by molar-refractivity contribution is 6.61. The lowest BCUT2D eigenvalue weighted by Crippen LogP contribution is -2.33. The molecule has 1 unspecified atom stereocenters. The van der Waals surface area contributed by atoms with E-state index in [1.807, 2.05) is 54.6 Å². The molecule has 1 saturated heterocycles. The molecular formula is C16H17BO3. The summed E-state index contributed by atoms with van der Waals surface area (Å²) in [6.45, 7) is 3.12. The lowest BCUT2D eigenvalue weighted by molar-refractivity contribution is 0.148. The van der Waals surface area contributed by atoms with Gasteiger partial charge in [-0.25, -0.2) is 0 Å². The third kappa shape index (κ3) is 3.21. The fourth-order valence-electron chi connectivity index (χ4n) is 2.14. The Bertz CT molecular complexity index is 541. The van der Waals surface area contributed by atoms with E-state index < -0.39 is 0 Å². The van der Waals surface area contributed by atoms with E-state index in [2.05, 4.69) is 6.92 Å². The molecule has 4 heteroatoms. The molecule has 0 N–H and O–H groups in total. The van der Waals surface area contributed by atoms with Crippen molar-refractivity contribution in [3.8, 4) is 5.75 Å². The molecule has 1 atom stereocenters. The second-order valence-electron chi connectivity index (χ2n) is 4.96. The van der Waals surface area contributed by atoms with E-state index in [4.69, 9.17) is 14.0 Å². The quantitative estimate of drug-likeness (QED) is 0.795. The van der Waals surface area contributed by atoms with E-state index in [0.717, 1.165) is 11.2 Å². The van der Waals surface area contributed by atoms with Gasteiger partial charge in [-0.05, 0) is 24.5 Å². The first kappa shape index (κ1) is 13.2. The van der Waals surface area contributed by atoms with Crippen LogP contribution >= 0.6 is 0 Å². The van der Waals surface area contributed by atoms with Gasteiger partial charge in [0.05, 0.1) is 12.7 Å². The number of hydrogen-bond acceptors (Lipinski definition) is 3. The molecule has 1 heterocycles. The zero-order chi connectivity index (χ0) is 13.8. The summed E-state index contributed by atoms with van der Waals surface area (Å²) in [7, 11) is -0.275. The maximum atomic E-state index is 5.85. The molecule has 20 heavy (non-hydrogen) atoms. The molecule has 3 nitrogen and oxygen atoms in total. The first-order chi connectivity index (χ1) is 9.81. The summed E-state index contributed by atoms with van der Waals surface area (Å²) in [6.07, 6.45) is -0.0264. The smallest absolute Gasteiger partial charge is 0.491 e. The van der Waals surface area contributed by atoms with Crippen LogP contribution in [0.2, 0.25) is 0 Å². The third-order valence-electron chi connectivity index (χ3n) is 3.28. The van der Waals surface area contributed by atoms with Gasteiger partial charge >= 0.3 is 7.12 Å². The lowest BCUT2D eigenvalue weighted by Gasteiger charge is -2.11. The molecule has 0 spiro atoms. The lowest BCUT2D eigenvalue weighted by atomic mass is 9.79. The molecule has 1 aliphatic rings. The highest BCUT2D eigenvalue weighted by Gasteiger charge is 2.33. The minimum atomic E-state index is -0.275. The fraction of sp³-hybridized carbons (Fsp3) is 0.250. The van der Waals surface area contributed by atoms with Crippen LogP contribution in [0.3, 0.4) is 0 Å². The van der Waals surface area contributed by atoms with Gasteiger partial charge in [-0.15, -0.1) is 0 Å². The van der Waals surface area contributed by atoms with Gasteiger partial charge < -0.3 is 14.0 Å². The Morgan fingerprint density at radius 1 is 1.10 bits per heavy atom. The summed E-state index contributed by atoms with van der Waals surface area (Å²) in [5.41, 5.74) is 2.27. The van der Waals surface area contributed by atoms with Gasteiger partial charge in [0.1, 0.15) is 12.4 Å². The van der Waals surface area contributed by atoms with Crippen LogP contribution in [0.4, 0.5) is 0 Å². The molecule has 1 aliphatic heterocycles. The normalized spacial score (nSPS) is 18.2. The van der Waals surface area contributed by atoms with E-state index >= 15 is 0 Å². The van der Waals surface area contributed by atoms with Crippen molar-refractivity contribution < 1.29 is 14.0 Å². The summed E-state index contributed by atoms with van der Waals surface area (Å²) < 4.78 is 17.2. The van der Waals surface area contributed by atoms with Crippen molar-refractivity contribution in [1.82, 2.24) is 0 Å². The standard InChI is InChI=1S/C16H17BO3/c1-13-7-9-15(10-8-13)18-11-16-12-19-17(20-16)14-5-3-2-4-6-14/h2-10,16H,11-12H2,1H3. The van der Waals surface area contributed by atoms with E-state index in [1.54, 1.807) is 0 Å². The van der Waals surface area contributed by atoms with Crippen LogP contribution in [0.15, 0.2) is 54.6 Å². The largest absolute Gasteiger partial charge is 0.494 e. The van der Waals surface area contributed by atoms with Crippen LogP contribution in [0.25, 0.3) is 0 Å². The molecular weight excluding hydrogens is 251 g/mol. The molecule has 102 valence electrons. The average Bonchev–Trinajstić information content (AvgIpc) is 2.97. The summed E-state index contributed by atoms with van der Waals surface area (Å²) in [5, 5.41) is 0. The predicted octanol–water partition coefficient (Wildman–Crippen LogP) is 2.18. The summed E-state index contributed by atoms with van der Waals surface area (Å²) in [6, 6.07) is 18.0. The molecule has 0 saturated carbocycles. The van der Waals surface area contributed by atoms with E-state index in [-0.39, 0.29) is 13.2 Å². The minimum Gasteiger partial charge on any atom is -0.491 e. The van der Waals surface area contributed by atoms with Crippen molar-refractivity contribution in [3.05, 3.63) is 60.2 Å². The molecule has 0 bridgehead atoms. The number of ether oxygens (including phenoxy) is 1. The highest BCUT2D eigenvalue weighted by atomic mass is 16.7. The maximum Gasteiger partial charge on any atom is 0.494 e. The van der Waals surface area contributed by atoms with E-state index in [0.29, 0.717) is 13.2 Å². The third-order valence-corrected chi connectivity index (χ3v) is 3.28. The first-order valence-electron chi connectivity index (χ1n) is 6.83. The van der Waals surface area contributed by atoms with E-state index in [9.17, 15) is 0 Å². The minimum absolute atomic E-state index is 0.0264. The van der Waals surface area contributed by atoms with Crippen LogP contribution in [-0.2, 0) is 9.31 Å². The topological polar surface area (TPSA) is 27.7 Å². The van der Waals surface area contributed by atoms with Crippen molar-refractivity contribution in [2.45, 2.75) is 13.0 Å². The van der Waals surface area contributed by atoms with Crippen molar-refractivity contribution in [2.24, 2.45) is 0 Å². The van der Waals surface area contributed by atoms with E-state index in [1.165, 1.54) is 5.56 Å². The Morgan fingerprint density at radius 3 is 2.60 bits per heavy atom. The van der Waals surface area contributed by atoms with Gasteiger partial charge in [-0.3, -0.25) is 0 Å². The highest BCUT2D eigenvalue weighted by Crippen LogP contribution is 2.14. The Balaban J connectivity index is 1.52. The Morgan fingerprint density at radius 2 is 1.85 bits per heavy atom. The molecule has 0 aliphatic carbocycles. The molecule has 3 rings (SSSR count). The molecule has 0 aromatic heterocycles. The number of aryl methyl sites for hydroxylation is 1. The number of hydrogen-bond donors (Lipinski definition) is 0. The van der Waals surface area contributed by atoms with Crippen LogP contribution in [0.5, 0.6) is 5.75 Å². The summed E-state index contributed by atoms with van der Waals surface area (Å²) in [5.74, 6) is 0.863. The fourth-order valence-corrected chi connectivity index (χ4v) is 2.14. The predicted molar refractivity (Wildman–Crippen MR) is 79.3 cm³/mol. The molecule has 1 fully saturated rings. The van der Waals surface area contributed by atoms with Crippen LogP contribution < -0.4 is 10.2 Å². The summed E-state index contributed by atoms with van der Waals surface area (Å²) >= 11 is 0. The summed E-state index contributed by atoms with van der Waals surface area (Å²) in [4.78, 5) is 0. The monoisotopic (exact) mass is 268 g/mol. The Labute approximate surface area is 119 Å². The van der Waals surface area contributed by atoms with Gasteiger partial charge in [-0.1, -0.05) is 48.0 Å². The zero-order valence-electron chi connectivity index (χ0n) is 11.5. The van der Waals surface area contributed by atoms with Crippen LogP contribution in [0.1, 0.15) is 5.56 Å². The second kappa shape index (κ2) is 6.12. The first-order valence-corrected chi connectivity index (χ1v) is 6.83. The molecule has 0 radical (unpaired) electrons. The zero-order valence-corrected chi connectivity index (χ0v) is 11.5. The molecule has 2 aromatic carbocycles. The maximum absolute atomic E-state index is 5.85. The Kier molecular flexibility index (Phi) is 4.04. The Hall–Kier alpha value is -1.78. The van der Waals surface area contributed by atoms with Gasteiger partial charge in [0, 0.05) is 0 Å². The van der Waals surface area contributed by atoms with Crippen LogP contribution in [-0.4, -0.2) is 26.4 Å². The molecule has 0 amide bonds. The number of rotatable bonds is 4.